The van der Waals surface area contributed by atoms with Crippen molar-refractivity contribution in [2.75, 3.05) is 6.54 Å². The SMILES string of the molecule is CC(C)NC(=O)C(NC(=O)NC(C(=O)NC1C=CCCNC(=O)C=CC(C(C)C)NC1=O)C(C)C)C(C)C. The monoisotopic (exact) mass is 534 g/mol. The highest BCUT2D eigenvalue weighted by Gasteiger charge is 2.31. The van der Waals surface area contributed by atoms with E-state index in [0.29, 0.717) is 13.0 Å². The second-order valence-corrected chi connectivity index (χ2v) is 10.9. The molecule has 11 nitrogen and oxygen atoms in total. The predicted octanol–water partition coefficient (Wildman–Crippen LogP) is 1.12. The fourth-order valence-corrected chi connectivity index (χ4v) is 3.66. The molecule has 4 atom stereocenters. The molecule has 214 valence electrons. The molecule has 38 heavy (non-hydrogen) atoms. The number of carbonyl (C=O) groups is 5. The van der Waals surface area contributed by atoms with E-state index in [4.69, 9.17) is 0 Å². The number of carbonyl (C=O) groups excluding carboxylic acids is 5. The van der Waals surface area contributed by atoms with Crippen molar-refractivity contribution in [3.05, 3.63) is 24.3 Å². The second kappa shape index (κ2) is 15.8. The van der Waals surface area contributed by atoms with E-state index >= 15 is 0 Å². The van der Waals surface area contributed by atoms with Gasteiger partial charge < -0.3 is 31.9 Å². The van der Waals surface area contributed by atoms with Crippen molar-refractivity contribution in [2.24, 2.45) is 17.8 Å². The highest BCUT2D eigenvalue weighted by atomic mass is 16.2. The van der Waals surface area contributed by atoms with E-state index in [1.165, 1.54) is 6.08 Å². The topological polar surface area (TPSA) is 158 Å². The van der Waals surface area contributed by atoms with E-state index < -0.39 is 42.0 Å². The van der Waals surface area contributed by atoms with Crippen LogP contribution in [0.5, 0.6) is 0 Å². The van der Waals surface area contributed by atoms with Crippen molar-refractivity contribution < 1.29 is 24.0 Å². The van der Waals surface area contributed by atoms with Crippen LogP contribution in [0.25, 0.3) is 0 Å². The highest BCUT2D eigenvalue weighted by Crippen LogP contribution is 2.08. The average Bonchev–Trinajstić information content (AvgIpc) is 2.80. The molecule has 0 bridgehead atoms. The Labute approximate surface area is 226 Å². The molecule has 0 aliphatic carbocycles. The van der Waals surface area contributed by atoms with Gasteiger partial charge in [0.2, 0.25) is 23.6 Å². The van der Waals surface area contributed by atoms with Crippen LogP contribution in [0.15, 0.2) is 24.3 Å². The summed E-state index contributed by atoms with van der Waals surface area (Å²) < 4.78 is 0. The molecule has 0 aromatic carbocycles. The van der Waals surface area contributed by atoms with E-state index in [1.54, 1.807) is 32.1 Å². The Balaban J connectivity index is 3.02. The van der Waals surface area contributed by atoms with Gasteiger partial charge in [0.1, 0.15) is 18.1 Å². The van der Waals surface area contributed by atoms with Gasteiger partial charge in [0.05, 0.1) is 0 Å². The van der Waals surface area contributed by atoms with Gasteiger partial charge in [0.15, 0.2) is 0 Å². The summed E-state index contributed by atoms with van der Waals surface area (Å²) in [5.74, 6) is -2.00. The lowest BCUT2D eigenvalue weighted by atomic mass is 10.0. The van der Waals surface area contributed by atoms with Gasteiger partial charge in [-0.15, -0.1) is 0 Å². The van der Waals surface area contributed by atoms with Crippen LogP contribution >= 0.6 is 0 Å². The summed E-state index contributed by atoms with van der Waals surface area (Å²) in [6.07, 6.45) is 6.78. The van der Waals surface area contributed by atoms with E-state index in [2.05, 4.69) is 31.9 Å². The summed E-state index contributed by atoms with van der Waals surface area (Å²) in [5, 5.41) is 16.5. The lowest BCUT2D eigenvalue weighted by molar-refractivity contribution is -0.129. The van der Waals surface area contributed by atoms with E-state index in [-0.39, 0.29) is 35.6 Å². The molecule has 0 aromatic rings. The van der Waals surface area contributed by atoms with Crippen molar-refractivity contribution in [1.82, 2.24) is 31.9 Å². The van der Waals surface area contributed by atoms with Gasteiger partial charge >= 0.3 is 6.03 Å². The zero-order valence-corrected chi connectivity index (χ0v) is 23.9. The number of amides is 6. The molecule has 1 rings (SSSR count). The molecule has 1 aliphatic rings. The second-order valence-electron chi connectivity index (χ2n) is 10.9. The zero-order valence-electron chi connectivity index (χ0n) is 23.9. The lowest BCUT2D eigenvalue weighted by Gasteiger charge is -2.28. The summed E-state index contributed by atoms with van der Waals surface area (Å²) in [6, 6.07) is -3.90. The minimum absolute atomic E-state index is 0.00171. The van der Waals surface area contributed by atoms with Crippen LogP contribution in [-0.2, 0) is 19.2 Å². The van der Waals surface area contributed by atoms with Gasteiger partial charge in [-0.2, -0.15) is 0 Å². The predicted molar refractivity (Wildman–Crippen MR) is 147 cm³/mol. The van der Waals surface area contributed by atoms with Crippen LogP contribution in [0, 0.1) is 17.8 Å². The largest absolute Gasteiger partial charge is 0.352 e. The minimum Gasteiger partial charge on any atom is -0.352 e. The fourth-order valence-electron chi connectivity index (χ4n) is 3.66. The van der Waals surface area contributed by atoms with Gasteiger partial charge in [-0.3, -0.25) is 19.2 Å². The zero-order chi connectivity index (χ0) is 29.0. The van der Waals surface area contributed by atoms with Gasteiger partial charge in [-0.25, -0.2) is 4.79 Å². The van der Waals surface area contributed by atoms with E-state index in [1.807, 2.05) is 41.5 Å². The van der Waals surface area contributed by atoms with Crippen LogP contribution in [0.2, 0.25) is 0 Å². The van der Waals surface area contributed by atoms with Crippen molar-refractivity contribution >= 4 is 29.7 Å². The fraction of sp³-hybridized carbons (Fsp3) is 0.667. The normalized spacial score (nSPS) is 20.2. The summed E-state index contributed by atoms with van der Waals surface area (Å²) in [7, 11) is 0. The number of hydrogen-bond acceptors (Lipinski definition) is 5. The summed E-state index contributed by atoms with van der Waals surface area (Å²) >= 11 is 0. The third kappa shape index (κ3) is 11.4. The maximum Gasteiger partial charge on any atom is 0.316 e. The minimum atomic E-state index is -0.987. The molecule has 11 heteroatoms. The highest BCUT2D eigenvalue weighted by molar-refractivity contribution is 5.94. The molecule has 0 saturated carbocycles. The Morgan fingerprint density at radius 1 is 0.842 bits per heavy atom. The van der Waals surface area contributed by atoms with Crippen LogP contribution in [-0.4, -0.2) is 66.4 Å². The van der Waals surface area contributed by atoms with Crippen LogP contribution in [0.3, 0.4) is 0 Å². The third-order valence-corrected chi connectivity index (χ3v) is 5.90. The Morgan fingerprint density at radius 3 is 1.95 bits per heavy atom. The quantitative estimate of drug-likeness (QED) is 0.244. The van der Waals surface area contributed by atoms with E-state index in [9.17, 15) is 24.0 Å². The molecule has 0 spiro atoms. The summed E-state index contributed by atoms with van der Waals surface area (Å²) in [6.45, 7) is 15.0. The number of nitrogens with one attached hydrogen (secondary N) is 6. The third-order valence-electron chi connectivity index (χ3n) is 5.90. The number of urea groups is 1. The molecular weight excluding hydrogens is 488 g/mol. The first-order chi connectivity index (χ1) is 17.7. The van der Waals surface area contributed by atoms with E-state index in [0.717, 1.165) is 0 Å². The molecule has 1 aliphatic heterocycles. The smallest absolute Gasteiger partial charge is 0.316 e. The molecule has 0 aromatic heterocycles. The standard InChI is InChI=1S/C27H46N6O5/c1-15(2)19-12-13-21(34)28-14-10-9-11-20(24(35)30-19)31-26(37)23(17(5)6)33-27(38)32-22(16(3)4)25(36)29-18(7)8/h9,11-13,15-20,22-23H,10,14H2,1-8H3,(H,28,34)(H,29,36)(H,30,35)(H,31,37)(H2,32,33,38). The van der Waals surface area contributed by atoms with Gasteiger partial charge in [-0.05, 0) is 38.0 Å². The first kappa shape index (κ1) is 32.7. The molecule has 6 amide bonds. The first-order valence-electron chi connectivity index (χ1n) is 13.3. The van der Waals surface area contributed by atoms with Gasteiger partial charge in [0.25, 0.3) is 0 Å². The van der Waals surface area contributed by atoms with Crippen molar-refractivity contribution in [1.29, 1.82) is 0 Å². The molecule has 1 heterocycles. The summed E-state index contributed by atoms with van der Waals surface area (Å²) in [5.41, 5.74) is 0. The molecule has 4 unspecified atom stereocenters. The van der Waals surface area contributed by atoms with Gasteiger partial charge in [-0.1, -0.05) is 59.8 Å². The maximum absolute atomic E-state index is 13.2. The van der Waals surface area contributed by atoms with Gasteiger partial charge in [0, 0.05) is 24.7 Å². The van der Waals surface area contributed by atoms with Crippen molar-refractivity contribution in [3.63, 3.8) is 0 Å². The molecular formula is C27H46N6O5. The Hall–Kier alpha value is -3.37. The lowest BCUT2D eigenvalue weighted by Crippen LogP contribution is -2.59. The van der Waals surface area contributed by atoms with Crippen LogP contribution in [0.4, 0.5) is 4.79 Å². The average molecular weight is 535 g/mol. The Bertz CT molecular complexity index is 896. The molecule has 6 N–H and O–H groups in total. The molecule has 0 saturated heterocycles. The summed E-state index contributed by atoms with van der Waals surface area (Å²) in [4.78, 5) is 63.6. The Kier molecular flexibility index (Phi) is 13.6. The number of hydrogen-bond donors (Lipinski definition) is 6. The van der Waals surface area contributed by atoms with Crippen LogP contribution in [0.1, 0.15) is 61.8 Å². The van der Waals surface area contributed by atoms with Crippen molar-refractivity contribution in [2.45, 2.75) is 92.0 Å². The maximum atomic E-state index is 13.2. The molecule has 0 radical (unpaired) electrons. The van der Waals surface area contributed by atoms with Crippen molar-refractivity contribution in [3.8, 4) is 0 Å². The first-order valence-corrected chi connectivity index (χ1v) is 13.3. The Morgan fingerprint density at radius 2 is 1.42 bits per heavy atom. The molecule has 0 fully saturated rings. The van der Waals surface area contributed by atoms with Crippen LogP contribution < -0.4 is 31.9 Å². The number of rotatable bonds is 9.